The zero-order valence-electron chi connectivity index (χ0n) is 16.9. The Bertz CT molecular complexity index is 859. The molecule has 154 valence electrons. The second kappa shape index (κ2) is 9.08. The van der Waals surface area contributed by atoms with E-state index >= 15 is 0 Å². The normalized spacial score (nSPS) is 21.5. The number of piperidine rings is 1. The molecule has 4 rings (SSSR count). The fraction of sp³-hybridized carbons (Fsp3) is 0.522. The molecule has 2 atom stereocenters. The molecule has 1 aromatic carbocycles. The van der Waals surface area contributed by atoms with Crippen LogP contribution in [0.2, 0.25) is 0 Å². The average molecular weight is 413 g/mol. The summed E-state index contributed by atoms with van der Waals surface area (Å²) >= 11 is 1.41. The van der Waals surface area contributed by atoms with Crippen molar-refractivity contribution >= 4 is 23.2 Å². The van der Waals surface area contributed by atoms with Crippen LogP contribution >= 0.6 is 11.3 Å². The van der Waals surface area contributed by atoms with E-state index in [4.69, 9.17) is 4.74 Å². The Morgan fingerprint density at radius 1 is 1.14 bits per heavy atom. The zero-order chi connectivity index (χ0) is 20.2. The maximum Gasteiger partial charge on any atom is 0.358 e. The second-order valence-corrected chi connectivity index (χ2v) is 8.86. The number of carbonyl (C=O) groups excluding carboxylic acids is 2. The largest absolute Gasteiger partial charge is 0.451 e. The molecule has 1 amide bonds. The van der Waals surface area contributed by atoms with Gasteiger partial charge < -0.3 is 9.64 Å². The number of rotatable bonds is 5. The molecule has 2 aromatic rings. The van der Waals surface area contributed by atoms with Crippen LogP contribution in [0.1, 0.15) is 61.5 Å². The van der Waals surface area contributed by atoms with Gasteiger partial charge in [0, 0.05) is 23.5 Å². The van der Waals surface area contributed by atoms with E-state index in [9.17, 15) is 9.59 Å². The molecule has 6 heteroatoms. The summed E-state index contributed by atoms with van der Waals surface area (Å²) in [7, 11) is 0. The standard InChI is InChI=1S/C23H28N2O3S/c1-2-16-9-11-18(12-10-16)22-24-19(15-29-22)23(27)28-14-21(26)25-13-5-7-17-6-3-4-8-20(17)25/h9-12,15,17,20H,2-8,13-14H2,1H3/t17-,20+/m0/s1. The molecular weight excluding hydrogens is 384 g/mol. The molecule has 0 radical (unpaired) electrons. The van der Waals surface area contributed by atoms with Crippen LogP contribution in [0.15, 0.2) is 29.6 Å². The summed E-state index contributed by atoms with van der Waals surface area (Å²) in [5, 5.41) is 2.49. The molecule has 2 fully saturated rings. The molecule has 29 heavy (non-hydrogen) atoms. The van der Waals surface area contributed by atoms with Gasteiger partial charge in [0.25, 0.3) is 5.91 Å². The highest BCUT2D eigenvalue weighted by molar-refractivity contribution is 7.13. The van der Waals surface area contributed by atoms with Crippen LogP contribution in [-0.4, -0.2) is 41.0 Å². The summed E-state index contributed by atoms with van der Waals surface area (Å²) in [6.07, 6.45) is 8.01. The third-order valence-corrected chi connectivity index (χ3v) is 7.10. The van der Waals surface area contributed by atoms with Crippen LogP contribution in [-0.2, 0) is 16.0 Å². The van der Waals surface area contributed by atoms with Gasteiger partial charge in [-0.2, -0.15) is 0 Å². The van der Waals surface area contributed by atoms with Gasteiger partial charge in [0.15, 0.2) is 12.3 Å². The van der Waals surface area contributed by atoms with E-state index in [0.29, 0.717) is 12.0 Å². The average Bonchev–Trinajstić information content (AvgIpc) is 3.27. The first kappa shape index (κ1) is 20.1. The lowest BCUT2D eigenvalue weighted by molar-refractivity contribution is -0.140. The predicted octanol–water partition coefficient (Wildman–Crippen LogP) is 4.71. The maximum atomic E-state index is 12.7. The van der Waals surface area contributed by atoms with Crippen LogP contribution < -0.4 is 0 Å². The number of nitrogens with zero attached hydrogens (tertiary/aromatic N) is 2. The van der Waals surface area contributed by atoms with Gasteiger partial charge >= 0.3 is 5.97 Å². The van der Waals surface area contributed by atoms with Crippen molar-refractivity contribution in [1.82, 2.24) is 9.88 Å². The zero-order valence-corrected chi connectivity index (χ0v) is 17.7. The molecule has 1 saturated heterocycles. The summed E-state index contributed by atoms with van der Waals surface area (Å²) < 4.78 is 5.32. The molecule has 2 heterocycles. The minimum Gasteiger partial charge on any atom is -0.451 e. The van der Waals surface area contributed by atoms with Crippen molar-refractivity contribution in [3.8, 4) is 10.6 Å². The molecule has 1 aliphatic carbocycles. The molecule has 0 spiro atoms. The summed E-state index contributed by atoms with van der Waals surface area (Å²) in [5.74, 6) is 0.0288. The number of benzene rings is 1. The van der Waals surface area contributed by atoms with Crippen molar-refractivity contribution in [2.24, 2.45) is 5.92 Å². The first-order valence-electron chi connectivity index (χ1n) is 10.7. The van der Waals surface area contributed by atoms with Gasteiger partial charge in [-0.05, 0) is 43.6 Å². The number of carbonyl (C=O) groups is 2. The van der Waals surface area contributed by atoms with Crippen LogP contribution in [0.25, 0.3) is 10.6 Å². The number of aryl methyl sites for hydroxylation is 1. The molecule has 0 N–H and O–H groups in total. The minimum absolute atomic E-state index is 0.0689. The smallest absolute Gasteiger partial charge is 0.358 e. The van der Waals surface area contributed by atoms with Gasteiger partial charge in [-0.25, -0.2) is 9.78 Å². The molecular formula is C23H28N2O3S. The molecule has 2 aliphatic rings. The Kier molecular flexibility index (Phi) is 6.28. The van der Waals surface area contributed by atoms with Crippen LogP contribution in [0, 0.1) is 5.92 Å². The number of aromatic nitrogens is 1. The summed E-state index contributed by atoms with van der Waals surface area (Å²) in [5.41, 5.74) is 2.52. The number of fused-ring (bicyclic) bond motifs is 1. The molecule has 1 aromatic heterocycles. The topological polar surface area (TPSA) is 59.5 Å². The number of thiazole rings is 1. The van der Waals surface area contributed by atoms with Gasteiger partial charge in [0.05, 0.1) is 0 Å². The molecule has 1 saturated carbocycles. The van der Waals surface area contributed by atoms with Gasteiger partial charge in [-0.3, -0.25) is 4.79 Å². The van der Waals surface area contributed by atoms with Gasteiger partial charge in [0.1, 0.15) is 5.01 Å². The van der Waals surface area contributed by atoms with Crippen molar-refractivity contribution in [3.63, 3.8) is 0 Å². The fourth-order valence-corrected chi connectivity index (χ4v) is 5.40. The molecule has 0 bridgehead atoms. The van der Waals surface area contributed by atoms with Crippen LogP contribution in [0.4, 0.5) is 0 Å². The molecule has 0 unspecified atom stereocenters. The van der Waals surface area contributed by atoms with Crippen LogP contribution in [0.3, 0.4) is 0 Å². The van der Waals surface area contributed by atoms with Crippen molar-refractivity contribution in [2.45, 2.75) is 57.9 Å². The third-order valence-electron chi connectivity index (χ3n) is 6.21. The van der Waals surface area contributed by atoms with E-state index in [-0.39, 0.29) is 18.2 Å². The van der Waals surface area contributed by atoms with Crippen molar-refractivity contribution in [1.29, 1.82) is 0 Å². The number of ether oxygens (including phenoxy) is 1. The van der Waals surface area contributed by atoms with Gasteiger partial charge in [0.2, 0.25) is 0 Å². The van der Waals surface area contributed by atoms with Gasteiger partial charge in [-0.1, -0.05) is 44.0 Å². The highest BCUT2D eigenvalue weighted by Crippen LogP contribution is 2.35. The van der Waals surface area contributed by atoms with E-state index in [2.05, 4.69) is 24.0 Å². The summed E-state index contributed by atoms with van der Waals surface area (Å²) in [6, 6.07) is 8.52. The molecule has 1 aliphatic heterocycles. The Morgan fingerprint density at radius 3 is 2.69 bits per heavy atom. The summed E-state index contributed by atoms with van der Waals surface area (Å²) in [4.78, 5) is 31.5. The van der Waals surface area contributed by atoms with Crippen molar-refractivity contribution in [3.05, 3.63) is 40.9 Å². The summed E-state index contributed by atoms with van der Waals surface area (Å²) in [6.45, 7) is 2.71. The maximum absolute atomic E-state index is 12.7. The lowest BCUT2D eigenvalue weighted by atomic mass is 9.78. The Morgan fingerprint density at radius 2 is 1.90 bits per heavy atom. The second-order valence-electron chi connectivity index (χ2n) is 8.01. The number of hydrogen-bond donors (Lipinski definition) is 0. The highest BCUT2D eigenvalue weighted by atomic mass is 32.1. The third kappa shape index (κ3) is 4.53. The monoisotopic (exact) mass is 412 g/mol. The van der Waals surface area contributed by atoms with Crippen LogP contribution in [0.5, 0.6) is 0 Å². The van der Waals surface area contributed by atoms with Crippen molar-refractivity contribution in [2.75, 3.05) is 13.2 Å². The first-order chi connectivity index (χ1) is 14.2. The first-order valence-corrected chi connectivity index (χ1v) is 11.5. The number of likely N-dealkylation sites (tertiary alicyclic amines) is 1. The van der Waals surface area contributed by atoms with E-state index in [1.165, 1.54) is 42.6 Å². The lowest BCUT2D eigenvalue weighted by Crippen LogP contribution is -2.50. The number of esters is 1. The lowest BCUT2D eigenvalue weighted by Gasteiger charge is -2.44. The Labute approximate surface area is 176 Å². The number of amides is 1. The van der Waals surface area contributed by atoms with E-state index < -0.39 is 5.97 Å². The number of hydrogen-bond acceptors (Lipinski definition) is 5. The Balaban J connectivity index is 1.34. The molecule has 5 nitrogen and oxygen atoms in total. The van der Waals surface area contributed by atoms with Crippen molar-refractivity contribution < 1.29 is 14.3 Å². The quantitative estimate of drug-likeness (QED) is 0.667. The van der Waals surface area contributed by atoms with E-state index in [1.807, 2.05) is 17.0 Å². The Hall–Kier alpha value is -2.21. The minimum atomic E-state index is -0.525. The highest BCUT2D eigenvalue weighted by Gasteiger charge is 2.35. The SMILES string of the molecule is CCc1ccc(-c2nc(C(=O)OCC(=O)N3CCC[C@@H]4CCCC[C@H]43)cs2)cc1. The predicted molar refractivity (Wildman–Crippen MR) is 114 cm³/mol. The van der Waals surface area contributed by atoms with E-state index in [0.717, 1.165) is 36.4 Å². The fourth-order valence-electron chi connectivity index (χ4n) is 4.60. The van der Waals surface area contributed by atoms with E-state index in [1.54, 1.807) is 5.38 Å². The van der Waals surface area contributed by atoms with Gasteiger partial charge in [-0.15, -0.1) is 11.3 Å².